The Kier molecular flexibility index (Phi) is 3.84. The highest BCUT2D eigenvalue weighted by Crippen LogP contribution is 2.24. The molecule has 6 heteroatoms. The van der Waals surface area contributed by atoms with Gasteiger partial charge in [-0.1, -0.05) is 11.2 Å². The molecule has 1 amide bonds. The Bertz CT molecular complexity index is 579. The summed E-state index contributed by atoms with van der Waals surface area (Å²) in [5.74, 6) is 0.0993. The van der Waals surface area contributed by atoms with Gasteiger partial charge in [0.25, 0.3) is 5.91 Å². The van der Waals surface area contributed by atoms with Crippen molar-refractivity contribution in [1.82, 2.24) is 15.4 Å². The molecule has 106 valence electrons. The van der Waals surface area contributed by atoms with Crippen molar-refractivity contribution in [3.63, 3.8) is 0 Å². The highest BCUT2D eigenvalue weighted by Gasteiger charge is 2.22. The molecule has 0 unspecified atom stereocenters. The molecule has 2 aromatic heterocycles. The van der Waals surface area contributed by atoms with Crippen LogP contribution in [0.3, 0.4) is 0 Å². The van der Waals surface area contributed by atoms with Gasteiger partial charge in [-0.15, -0.1) is 11.3 Å². The number of likely N-dealkylation sites (tertiary alicyclic amines) is 1. The van der Waals surface area contributed by atoms with Crippen molar-refractivity contribution in [3.8, 4) is 10.6 Å². The molecule has 20 heavy (non-hydrogen) atoms. The molecular weight excluding hydrogens is 274 g/mol. The van der Waals surface area contributed by atoms with E-state index in [1.165, 1.54) is 0 Å². The molecule has 1 aliphatic rings. The van der Waals surface area contributed by atoms with Crippen LogP contribution in [0.1, 0.15) is 23.4 Å². The van der Waals surface area contributed by atoms with Gasteiger partial charge in [0.2, 0.25) is 5.76 Å². The number of carbonyl (C=O) groups excluding carboxylic acids is 1. The molecule has 2 aromatic rings. The summed E-state index contributed by atoms with van der Waals surface area (Å²) in [4.78, 5) is 15.4. The summed E-state index contributed by atoms with van der Waals surface area (Å²) in [6.45, 7) is 1.98. The van der Waals surface area contributed by atoms with Gasteiger partial charge in [0, 0.05) is 18.7 Å². The maximum Gasteiger partial charge on any atom is 0.290 e. The summed E-state index contributed by atoms with van der Waals surface area (Å²) in [7, 11) is 2.07. The molecule has 1 fully saturated rings. The number of nitrogens with one attached hydrogen (secondary N) is 1. The zero-order valence-electron chi connectivity index (χ0n) is 11.3. The first kappa shape index (κ1) is 13.3. The lowest BCUT2D eigenvalue weighted by Crippen LogP contribution is -2.46. The van der Waals surface area contributed by atoms with Crippen molar-refractivity contribution in [2.45, 2.75) is 18.9 Å². The second kappa shape index (κ2) is 5.76. The lowest BCUT2D eigenvalue weighted by molar-refractivity contribution is 0.0875. The lowest BCUT2D eigenvalue weighted by Gasteiger charge is -2.29. The number of likely N-dealkylation sites (N-methyl/N-ethyl adjacent to an activating group) is 1. The van der Waals surface area contributed by atoms with Crippen molar-refractivity contribution in [1.29, 1.82) is 0 Å². The van der Waals surface area contributed by atoms with E-state index in [2.05, 4.69) is 22.4 Å². The molecule has 3 heterocycles. The predicted octanol–water partition coefficient (Wildman–Crippen LogP) is 2.23. The highest BCUT2D eigenvalue weighted by molar-refractivity contribution is 7.13. The lowest BCUT2D eigenvalue weighted by atomic mass is 10.1. The Labute approximate surface area is 121 Å². The van der Waals surface area contributed by atoms with E-state index in [1.807, 2.05) is 17.5 Å². The van der Waals surface area contributed by atoms with Crippen LogP contribution in [0.5, 0.6) is 0 Å². The fourth-order valence-electron chi connectivity index (χ4n) is 2.46. The Morgan fingerprint density at radius 2 is 2.50 bits per heavy atom. The predicted molar refractivity (Wildman–Crippen MR) is 77.8 cm³/mol. The van der Waals surface area contributed by atoms with E-state index < -0.39 is 0 Å². The first-order valence-corrected chi connectivity index (χ1v) is 7.60. The maximum absolute atomic E-state index is 12.1. The van der Waals surface area contributed by atoms with Gasteiger partial charge in [-0.05, 0) is 37.9 Å². The fraction of sp³-hybridized carbons (Fsp3) is 0.429. The van der Waals surface area contributed by atoms with Crippen LogP contribution < -0.4 is 5.32 Å². The van der Waals surface area contributed by atoms with Crippen molar-refractivity contribution in [2.24, 2.45) is 0 Å². The number of piperidine rings is 1. The number of hydrogen-bond acceptors (Lipinski definition) is 5. The Morgan fingerprint density at radius 1 is 1.60 bits per heavy atom. The van der Waals surface area contributed by atoms with E-state index >= 15 is 0 Å². The van der Waals surface area contributed by atoms with Gasteiger partial charge in [-0.2, -0.15) is 0 Å². The summed E-state index contributed by atoms with van der Waals surface area (Å²) in [5, 5.41) is 8.94. The fourth-order valence-corrected chi connectivity index (χ4v) is 3.14. The minimum absolute atomic E-state index is 0.180. The third-order valence-electron chi connectivity index (χ3n) is 3.47. The third-order valence-corrected chi connectivity index (χ3v) is 4.36. The first-order chi connectivity index (χ1) is 9.72. The first-order valence-electron chi connectivity index (χ1n) is 6.72. The molecule has 1 atom stereocenters. The summed E-state index contributed by atoms with van der Waals surface area (Å²) < 4.78 is 5.15. The van der Waals surface area contributed by atoms with Crippen LogP contribution in [0.4, 0.5) is 0 Å². The van der Waals surface area contributed by atoms with Gasteiger partial charge in [-0.25, -0.2) is 0 Å². The van der Waals surface area contributed by atoms with Gasteiger partial charge in [0.05, 0.1) is 4.88 Å². The van der Waals surface area contributed by atoms with Crippen molar-refractivity contribution >= 4 is 17.2 Å². The molecule has 0 saturated carbocycles. The monoisotopic (exact) mass is 291 g/mol. The van der Waals surface area contributed by atoms with Gasteiger partial charge >= 0.3 is 0 Å². The quantitative estimate of drug-likeness (QED) is 0.942. The molecule has 0 spiro atoms. The standard InChI is InChI=1S/C14H17N3O2S/c1-17-6-2-4-10(9-17)15-14(18)12-8-11(16-19-12)13-5-3-7-20-13/h3,5,7-8,10H,2,4,6,9H2,1H3,(H,15,18)/t10-/m1/s1. The Morgan fingerprint density at radius 3 is 3.25 bits per heavy atom. The van der Waals surface area contributed by atoms with Crippen molar-refractivity contribution < 1.29 is 9.32 Å². The molecule has 1 saturated heterocycles. The zero-order valence-corrected chi connectivity index (χ0v) is 12.2. The van der Waals surface area contributed by atoms with Gasteiger partial charge in [0.1, 0.15) is 5.69 Å². The minimum atomic E-state index is -0.180. The van der Waals surface area contributed by atoms with Gasteiger partial charge in [0.15, 0.2) is 0 Å². The number of amides is 1. The molecule has 0 radical (unpaired) electrons. The molecule has 1 N–H and O–H groups in total. The van der Waals surface area contributed by atoms with Crippen LogP contribution in [0.15, 0.2) is 28.1 Å². The zero-order chi connectivity index (χ0) is 13.9. The molecule has 5 nitrogen and oxygen atoms in total. The second-order valence-electron chi connectivity index (χ2n) is 5.13. The van der Waals surface area contributed by atoms with Crippen LogP contribution in [0.2, 0.25) is 0 Å². The summed E-state index contributed by atoms with van der Waals surface area (Å²) in [6, 6.07) is 5.80. The van der Waals surface area contributed by atoms with Crippen LogP contribution in [-0.2, 0) is 0 Å². The van der Waals surface area contributed by atoms with Crippen LogP contribution >= 0.6 is 11.3 Å². The number of thiophene rings is 1. The topological polar surface area (TPSA) is 58.4 Å². The van der Waals surface area contributed by atoms with Crippen molar-refractivity contribution in [3.05, 3.63) is 29.3 Å². The summed E-state index contributed by atoms with van der Waals surface area (Å²) in [6.07, 6.45) is 2.13. The molecule has 1 aliphatic heterocycles. The van der Waals surface area contributed by atoms with Crippen LogP contribution in [0.25, 0.3) is 10.6 Å². The van der Waals surface area contributed by atoms with E-state index in [1.54, 1.807) is 17.4 Å². The number of nitrogens with zero attached hydrogens (tertiary/aromatic N) is 2. The third kappa shape index (κ3) is 2.91. The largest absolute Gasteiger partial charge is 0.350 e. The van der Waals surface area contributed by atoms with E-state index in [4.69, 9.17) is 4.52 Å². The summed E-state index contributed by atoms with van der Waals surface area (Å²) >= 11 is 1.58. The van der Waals surface area contributed by atoms with E-state index in [-0.39, 0.29) is 17.7 Å². The molecule has 0 aliphatic carbocycles. The number of aromatic nitrogens is 1. The van der Waals surface area contributed by atoms with Gasteiger partial charge < -0.3 is 14.7 Å². The van der Waals surface area contributed by atoms with Crippen LogP contribution in [-0.4, -0.2) is 42.1 Å². The molecule has 0 bridgehead atoms. The number of rotatable bonds is 3. The highest BCUT2D eigenvalue weighted by atomic mass is 32.1. The Balaban J connectivity index is 1.65. The van der Waals surface area contributed by atoms with Crippen molar-refractivity contribution in [2.75, 3.05) is 20.1 Å². The minimum Gasteiger partial charge on any atom is -0.350 e. The van der Waals surface area contributed by atoms with Gasteiger partial charge in [-0.3, -0.25) is 4.79 Å². The number of hydrogen-bond donors (Lipinski definition) is 1. The molecule has 0 aromatic carbocycles. The van der Waals surface area contributed by atoms with E-state index in [0.717, 1.165) is 30.8 Å². The van der Waals surface area contributed by atoms with Crippen LogP contribution in [0, 0.1) is 0 Å². The molecule has 3 rings (SSSR count). The SMILES string of the molecule is CN1CCC[C@@H](NC(=O)c2cc(-c3cccs3)no2)C1. The normalized spacial score (nSPS) is 19.9. The maximum atomic E-state index is 12.1. The van der Waals surface area contributed by atoms with E-state index in [9.17, 15) is 4.79 Å². The molecular formula is C14H17N3O2S. The smallest absolute Gasteiger partial charge is 0.290 e. The summed E-state index contributed by atoms with van der Waals surface area (Å²) in [5.41, 5.74) is 0.714. The Hall–Kier alpha value is -1.66. The van der Waals surface area contributed by atoms with E-state index in [0.29, 0.717) is 5.69 Å². The average Bonchev–Trinajstić information content (AvgIpc) is 3.10. The average molecular weight is 291 g/mol. The second-order valence-corrected chi connectivity index (χ2v) is 6.08. The number of carbonyl (C=O) groups is 1.